The third kappa shape index (κ3) is 2.99. The van der Waals surface area contributed by atoms with E-state index in [2.05, 4.69) is 58.5 Å². The molecule has 0 fully saturated rings. The number of furan rings is 1. The zero-order chi connectivity index (χ0) is 12.3. The monoisotopic (exact) mass is 293 g/mol. The van der Waals surface area contributed by atoms with Crippen LogP contribution in [-0.2, 0) is 0 Å². The second kappa shape index (κ2) is 5.52. The lowest BCUT2D eigenvalue weighted by Gasteiger charge is -2.16. The predicted octanol–water partition coefficient (Wildman–Crippen LogP) is 4.05. The van der Waals surface area contributed by atoms with Crippen LogP contribution in [0.25, 0.3) is 0 Å². The number of benzene rings is 1. The molecule has 0 aliphatic rings. The molecule has 1 aromatic heterocycles. The van der Waals surface area contributed by atoms with Gasteiger partial charge in [-0.2, -0.15) is 0 Å². The fourth-order valence-corrected chi connectivity index (χ4v) is 2.17. The van der Waals surface area contributed by atoms with Crippen LogP contribution < -0.4 is 5.32 Å². The summed E-state index contributed by atoms with van der Waals surface area (Å²) >= 11 is 3.45. The van der Waals surface area contributed by atoms with Gasteiger partial charge in [0.05, 0.1) is 12.3 Å². The maximum Gasteiger partial charge on any atom is 0.101 e. The van der Waals surface area contributed by atoms with Crippen molar-refractivity contribution in [2.24, 2.45) is 0 Å². The maximum absolute atomic E-state index is 5.39. The molecule has 1 N–H and O–H groups in total. The van der Waals surface area contributed by atoms with Crippen molar-refractivity contribution in [3.8, 4) is 0 Å². The lowest BCUT2D eigenvalue weighted by molar-refractivity contribution is 0.525. The summed E-state index contributed by atoms with van der Waals surface area (Å²) in [5.41, 5.74) is 2.42. The Kier molecular flexibility index (Phi) is 4.02. The molecule has 1 unspecified atom stereocenters. The molecular weight excluding hydrogens is 278 g/mol. The third-order valence-corrected chi connectivity index (χ3v) is 3.22. The summed E-state index contributed by atoms with van der Waals surface area (Å²) in [6, 6.07) is 10.7. The molecule has 17 heavy (non-hydrogen) atoms. The van der Waals surface area contributed by atoms with E-state index in [1.165, 1.54) is 11.1 Å². The number of nitrogens with one attached hydrogen (secondary N) is 1. The first-order chi connectivity index (χ1) is 8.20. The largest absolute Gasteiger partial charge is 0.469 e. The van der Waals surface area contributed by atoms with Gasteiger partial charge < -0.3 is 9.73 Å². The molecule has 0 radical (unpaired) electrons. The van der Waals surface area contributed by atoms with Crippen LogP contribution in [0.4, 0.5) is 0 Å². The minimum Gasteiger partial charge on any atom is -0.469 e. The van der Waals surface area contributed by atoms with E-state index < -0.39 is 0 Å². The van der Waals surface area contributed by atoms with Crippen molar-refractivity contribution in [2.75, 3.05) is 6.54 Å². The first-order valence-electron chi connectivity index (χ1n) is 5.74. The van der Waals surface area contributed by atoms with E-state index in [9.17, 15) is 0 Å². The molecule has 90 valence electrons. The molecule has 2 aromatic rings. The van der Waals surface area contributed by atoms with Gasteiger partial charge in [0.1, 0.15) is 5.76 Å². The Morgan fingerprint density at radius 2 is 1.94 bits per heavy atom. The standard InChI is InChI=1S/C14H16BrNO/c1-3-16-14(12-8-10(2)17-9-12)11-4-6-13(15)7-5-11/h4-9,14,16H,3H2,1-2H3. The zero-order valence-electron chi connectivity index (χ0n) is 10.0. The van der Waals surface area contributed by atoms with Crippen LogP contribution in [0.15, 0.2) is 45.5 Å². The van der Waals surface area contributed by atoms with Crippen LogP contribution in [0.1, 0.15) is 29.9 Å². The van der Waals surface area contributed by atoms with E-state index in [-0.39, 0.29) is 6.04 Å². The maximum atomic E-state index is 5.39. The van der Waals surface area contributed by atoms with Crippen LogP contribution in [0.2, 0.25) is 0 Å². The Bertz CT molecular complexity index is 475. The average molecular weight is 294 g/mol. The minimum absolute atomic E-state index is 0.200. The van der Waals surface area contributed by atoms with Crippen LogP contribution in [0, 0.1) is 6.92 Å². The second-order valence-corrected chi connectivity index (χ2v) is 4.95. The highest BCUT2D eigenvalue weighted by Crippen LogP contribution is 2.25. The van der Waals surface area contributed by atoms with Crippen LogP contribution in [-0.4, -0.2) is 6.54 Å². The van der Waals surface area contributed by atoms with Gasteiger partial charge in [0, 0.05) is 10.0 Å². The molecule has 0 amide bonds. The molecule has 0 bridgehead atoms. The van der Waals surface area contributed by atoms with E-state index >= 15 is 0 Å². The van der Waals surface area contributed by atoms with Gasteiger partial charge in [-0.1, -0.05) is 35.0 Å². The highest BCUT2D eigenvalue weighted by atomic mass is 79.9. The van der Waals surface area contributed by atoms with Gasteiger partial charge in [0.2, 0.25) is 0 Å². The first kappa shape index (κ1) is 12.4. The Labute approximate surface area is 110 Å². The van der Waals surface area contributed by atoms with Crippen molar-refractivity contribution >= 4 is 15.9 Å². The quantitative estimate of drug-likeness (QED) is 0.920. The van der Waals surface area contributed by atoms with Gasteiger partial charge in [0.25, 0.3) is 0 Å². The van der Waals surface area contributed by atoms with Gasteiger partial charge in [0.15, 0.2) is 0 Å². The number of halogens is 1. The van der Waals surface area contributed by atoms with E-state index in [0.717, 1.165) is 16.8 Å². The summed E-state index contributed by atoms with van der Waals surface area (Å²) in [5.74, 6) is 0.944. The van der Waals surface area contributed by atoms with Gasteiger partial charge in [-0.05, 0) is 37.2 Å². The lowest BCUT2D eigenvalue weighted by Crippen LogP contribution is -2.21. The number of rotatable bonds is 4. The Hall–Kier alpha value is -1.06. The van der Waals surface area contributed by atoms with E-state index in [1.807, 2.05) is 13.2 Å². The zero-order valence-corrected chi connectivity index (χ0v) is 11.6. The molecule has 1 atom stereocenters. The van der Waals surface area contributed by atoms with Crippen LogP contribution in [0.3, 0.4) is 0 Å². The topological polar surface area (TPSA) is 25.2 Å². The van der Waals surface area contributed by atoms with E-state index in [0.29, 0.717) is 0 Å². The number of hydrogen-bond donors (Lipinski definition) is 1. The van der Waals surface area contributed by atoms with E-state index in [4.69, 9.17) is 4.42 Å². The van der Waals surface area contributed by atoms with Crippen molar-refractivity contribution in [1.82, 2.24) is 5.32 Å². The molecule has 0 aliphatic carbocycles. The highest BCUT2D eigenvalue weighted by molar-refractivity contribution is 9.10. The van der Waals surface area contributed by atoms with Gasteiger partial charge in [-0.3, -0.25) is 0 Å². The summed E-state index contributed by atoms with van der Waals surface area (Å²) in [4.78, 5) is 0. The highest BCUT2D eigenvalue weighted by Gasteiger charge is 2.14. The minimum atomic E-state index is 0.200. The number of aryl methyl sites for hydroxylation is 1. The average Bonchev–Trinajstić information content (AvgIpc) is 2.74. The van der Waals surface area contributed by atoms with Gasteiger partial charge in [-0.25, -0.2) is 0 Å². The third-order valence-electron chi connectivity index (χ3n) is 2.70. The lowest BCUT2D eigenvalue weighted by atomic mass is 10.0. The first-order valence-corrected chi connectivity index (χ1v) is 6.54. The molecule has 1 heterocycles. The van der Waals surface area contributed by atoms with Crippen LogP contribution >= 0.6 is 15.9 Å². The normalized spacial score (nSPS) is 12.6. The molecule has 2 nitrogen and oxygen atoms in total. The summed E-state index contributed by atoms with van der Waals surface area (Å²) in [6.45, 7) is 5.00. The predicted molar refractivity (Wildman–Crippen MR) is 73.1 cm³/mol. The summed E-state index contributed by atoms with van der Waals surface area (Å²) in [6.07, 6.45) is 1.82. The van der Waals surface area contributed by atoms with E-state index in [1.54, 1.807) is 0 Å². The molecule has 0 spiro atoms. The molecule has 0 saturated carbocycles. The smallest absolute Gasteiger partial charge is 0.101 e. The van der Waals surface area contributed by atoms with Crippen molar-refractivity contribution in [3.05, 3.63) is 58.0 Å². The van der Waals surface area contributed by atoms with Crippen molar-refractivity contribution < 1.29 is 4.42 Å². The Morgan fingerprint density at radius 3 is 2.47 bits per heavy atom. The van der Waals surface area contributed by atoms with Crippen molar-refractivity contribution in [2.45, 2.75) is 19.9 Å². The van der Waals surface area contributed by atoms with Gasteiger partial charge >= 0.3 is 0 Å². The molecule has 3 heteroatoms. The van der Waals surface area contributed by atoms with Crippen molar-refractivity contribution in [1.29, 1.82) is 0 Å². The SMILES string of the molecule is CCNC(c1ccc(Br)cc1)c1coc(C)c1. The number of hydrogen-bond acceptors (Lipinski definition) is 2. The van der Waals surface area contributed by atoms with Crippen LogP contribution in [0.5, 0.6) is 0 Å². The fourth-order valence-electron chi connectivity index (χ4n) is 1.90. The summed E-state index contributed by atoms with van der Waals surface area (Å²) < 4.78 is 6.48. The molecule has 1 aromatic carbocycles. The van der Waals surface area contributed by atoms with Gasteiger partial charge in [-0.15, -0.1) is 0 Å². The van der Waals surface area contributed by atoms with Crippen molar-refractivity contribution in [3.63, 3.8) is 0 Å². The molecule has 0 saturated heterocycles. The summed E-state index contributed by atoms with van der Waals surface area (Å²) in [5, 5.41) is 3.47. The second-order valence-electron chi connectivity index (χ2n) is 4.03. The Balaban J connectivity index is 2.31. The Morgan fingerprint density at radius 1 is 1.24 bits per heavy atom. The fraction of sp³-hybridized carbons (Fsp3) is 0.286. The summed E-state index contributed by atoms with van der Waals surface area (Å²) in [7, 11) is 0. The molecular formula is C14H16BrNO. The molecule has 2 rings (SSSR count). The molecule has 0 aliphatic heterocycles.